The first-order valence-corrected chi connectivity index (χ1v) is 7.58. The lowest BCUT2D eigenvalue weighted by Crippen LogP contribution is -2.27. The fourth-order valence-corrected chi connectivity index (χ4v) is 2.93. The van der Waals surface area contributed by atoms with Crippen LogP contribution in [0, 0.1) is 5.92 Å². The Morgan fingerprint density at radius 2 is 1.95 bits per heavy atom. The number of rotatable bonds is 5. The first-order chi connectivity index (χ1) is 9.67. The van der Waals surface area contributed by atoms with E-state index in [9.17, 15) is 5.11 Å². The minimum atomic E-state index is -0.107. The van der Waals surface area contributed by atoms with Crippen molar-refractivity contribution in [3.8, 4) is 5.75 Å². The molecule has 0 saturated carbocycles. The quantitative estimate of drug-likeness (QED) is 0.869. The van der Waals surface area contributed by atoms with Crippen LogP contribution in [0.2, 0.25) is 0 Å². The summed E-state index contributed by atoms with van der Waals surface area (Å²) in [5.74, 6) is 0.711. The highest BCUT2D eigenvalue weighted by Gasteiger charge is 2.24. The van der Waals surface area contributed by atoms with Crippen LogP contribution in [0.15, 0.2) is 18.2 Å². The second kappa shape index (κ2) is 6.95. The first-order valence-electron chi connectivity index (χ1n) is 7.58. The SMILES string of the molecule is CCN(CC)c1ccc([C@@H](N)C2CCOCC2)c(O)c1. The van der Waals surface area contributed by atoms with Crippen molar-refractivity contribution in [3.63, 3.8) is 0 Å². The molecule has 4 nitrogen and oxygen atoms in total. The van der Waals surface area contributed by atoms with Gasteiger partial charge in [-0.3, -0.25) is 0 Å². The number of hydrogen-bond acceptors (Lipinski definition) is 4. The molecular weight excluding hydrogens is 252 g/mol. The maximum absolute atomic E-state index is 10.3. The number of aromatic hydroxyl groups is 1. The summed E-state index contributed by atoms with van der Waals surface area (Å²) in [6.07, 6.45) is 1.94. The second-order valence-corrected chi connectivity index (χ2v) is 5.39. The molecule has 0 spiro atoms. The van der Waals surface area contributed by atoms with Crippen molar-refractivity contribution in [1.29, 1.82) is 0 Å². The molecule has 1 aliphatic rings. The number of nitrogens with zero attached hydrogens (tertiary/aromatic N) is 1. The Morgan fingerprint density at radius 1 is 1.30 bits per heavy atom. The summed E-state index contributed by atoms with van der Waals surface area (Å²) >= 11 is 0. The van der Waals surface area contributed by atoms with Gasteiger partial charge in [0.15, 0.2) is 0 Å². The van der Waals surface area contributed by atoms with Crippen LogP contribution in [0.5, 0.6) is 5.75 Å². The van der Waals surface area contributed by atoms with Gasteiger partial charge in [-0.2, -0.15) is 0 Å². The molecule has 1 aliphatic heterocycles. The van der Waals surface area contributed by atoms with Gasteiger partial charge in [0.2, 0.25) is 0 Å². The van der Waals surface area contributed by atoms with Crippen LogP contribution < -0.4 is 10.6 Å². The summed E-state index contributed by atoms with van der Waals surface area (Å²) in [4.78, 5) is 2.21. The molecule has 0 bridgehead atoms. The van der Waals surface area contributed by atoms with Crippen LogP contribution in [-0.4, -0.2) is 31.4 Å². The predicted octanol–water partition coefficient (Wildman–Crippen LogP) is 2.66. The highest BCUT2D eigenvalue weighted by Crippen LogP contribution is 2.34. The Hall–Kier alpha value is -1.26. The minimum Gasteiger partial charge on any atom is -0.508 e. The van der Waals surface area contributed by atoms with Crippen LogP contribution in [-0.2, 0) is 4.74 Å². The topological polar surface area (TPSA) is 58.7 Å². The van der Waals surface area contributed by atoms with Crippen LogP contribution in [0.4, 0.5) is 5.69 Å². The summed E-state index contributed by atoms with van der Waals surface area (Å²) in [7, 11) is 0. The Bertz CT molecular complexity index is 426. The highest BCUT2D eigenvalue weighted by atomic mass is 16.5. The van der Waals surface area contributed by atoms with Crippen molar-refractivity contribution in [2.24, 2.45) is 11.7 Å². The molecule has 1 aromatic carbocycles. The molecule has 4 heteroatoms. The fraction of sp³-hybridized carbons (Fsp3) is 0.625. The normalized spacial score (nSPS) is 17.9. The molecule has 2 rings (SSSR count). The number of nitrogens with two attached hydrogens (primary N) is 1. The van der Waals surface area contributed by atoms with Gasteiger partial charge < -0.3 is 20.5 Å². The zero-order valence-electron chi connectivity index (χ0n) is 12.5. The minimum absolute atomic E-state index is 0.107. The number of benzene rings is 1. The van der Waals surface area contributed by atoms with Crippen molar-refractivity contribution in [1.82, 2.24) is 0 Å². The monoisotopic (exact) mass is 278 g/mol. The van der Waals surface area contributed by atoms with Crippen LogP contribution in [0.25, 0.3) is 0 Å². The van der Waals surface area contributed by atoms with E-state index in [1.54, 1.807) is 0 Å². The molecule has 1 fully saturated rings. The lowest BCUT2D eigenvalue weighted by molar-refractivity contribution is 0.0581. The summed E-state index contributed by atoms with van der Waals surface area (Å²) in [5.41, 5.74) is 8.24. The van der Waals surface area contributed by atoms with Gasteiger partial charge in [0, 0.05) is 49.7 Å². The Balaban J connectivity index is 2.16. The third kappa shape index (κ3) is 3.25. The van der Waals surface area contributed by atoms with Crippen LogP contribution in [0.1, 0.15) is 38.3 Å². The van der Waals surface area contributed by atoms with E-state index in [-0.39, 0.29) is 6.04 Å². The van der Waals surface area contributed by atoms with E-state index in [1.165, 1.54) is 0 Å². The summed E-state index contributed by atoms with van der Waals surface area (Å²) in [6, 6.07) is 5.76. The molecule has 0 unspecified atom stereocenters. The van der Waals surface area contributed by atoms with Gasteiger partial charge in [-0.05, 0) is 38.7 Å². The van der Waals surface area contributed by atoms with Crippen LogP contribution >= 0.6 is 0 Å². The summed E-state index contributed by atoms with van der Waals surface area (Å²) in [6.45, 7) is 7.64. The molecule has 0 radical (unpaired) electrons. The number of hydrogen-bond donors (Lipinski definition) is 2. The van der Waals surface area contributed by atoms with E-state index in [1.807, 2.05) is 12.1 Å². The Labute approximate surface area is 121 Å². The molecule has 0 aromatic heterocycles. The predicted molar refractivity (Wildman–Crippen MR) is 82.1 cm³/mol. The number of ether oxygens (including phenoxy) is 1. The number of phenols is 1. The highest BCUT2D eigenvalue weighted by molar-refractivity contribution is 5.54. The van der Waals surface area contributed by atoms with Gasteiger partial charge in [-0.25, -0.2) is 0 Å². The molecule has 112 valence electrons. The Morgan fingerprint density at radius 3 is 2.50 bits per heavy atom. The van der Waals surface area contributed by atoms with Crippen molar-refractivity contribution >= 4 is 5.69 Å². The molecule has 1 atom stereocenters. The molecular formula is C16H26N2O2. The lowest BCUT2D eigenvalue weighted by Gasteiger charge is -2.29. The number of phenolic OH excluding ortho intramolecular Hbond substituents is 1. The number of anilines is 1. The molecule has 20 heavy (non-hydrogen) atoms. The summed E-state index contributed by atoms with van der Waals surface area (Å²) in [5, 5.41) is 10.3. The third-order valence-electron chi connectivity index (χ3n) is 4.28. The maximum Gasteiger partial charge on any atom is 0.122 e. The van der Waals surface area contributed by atoms with E-state index < -0.39 is 0 Å². The molecule has 1 aromatic rings. The molecule has 1 saturated heterocycles. The maximum atomic E-state index is 10.3. The van der Waals surface area contributed by atoms with E-state index in [4.69, 9.17) is 10.5 Å². The lowest BCUT2D eigenvalue weighted by atomic mass is 9.87. The molecule has 0 amide bonds. The smallest absolute Gasteiger partial charge is 0.122 e. The Kier molecular flexibility index (Phi) is 5.26. The largest absolute Gasteiger partial charge is 0.508 e. The van der Waals surface area contributed by atoms with Gasteiger partial charge in [0.05, 0.1) is 0 Å². The zero-order chi connectivity index (χ0) is 14.5. The van der Waals surface area contributed by atoms with E-state index >= 15 is 0 Å². The van der Waals surface area contributed by atoms with Gasteiger partial charge in [-0.15, -0.1) is 0 Å². The van der Waals surface area contributed by atoms with Gasteiger partial charge in [0.25, 0.3) is 0 Å². The standard InChI is InChI=1S/C16H26N2O2/c1-3-18(4-2)13-5-6-14(15(19)11-13)16(17)12-7-9-20-10-8-12/h5-6,11-12,16,19H,3-4,7-10,17H2,1-2H3/t16-/m0/s1. The third-order valence-corrected chi connectivity index (χ3v) is 4.28. The fourth-order valence-electron chi connectivity index (χ4n) is 2.93. The molecule has 3 N–H and O–H groups in total. The summed E-state index contributed by atoms with van der Waals surface area (Å²) < 4.78 is 5.37. The van der Waals surface area contributed by atoms with Gasteiger partial charge >= 0.3 is 0 Å². The van der Waals surface area contributed by atoms with Crippen molar-refractivity contribution in [2.45, 2.75) is 32.7 Å². The molecule has 0 aliphatic carbocycles. The molecule has 1 heterocycles. The second-order valence-electron chi connectivity index (χ2n) is 5.39. The van der Waals surface area contributed by atoms with Crippen molar-refractivity contribution < 1.29 is 9.84 Å². The first kappa shape index (κ1) is 15.1. The van der Waals surface area contributed by atoms with E-state index in [2.05, 4.69) is 24.8 Å². The van der Waals surface area contributed by atoms with Gasteiger partial charge in [0.1, 0.15) is 5.75 Å². The van der Waals surface area contributed by atoms with E-state index in [0.29, 0.717) is 11.7 Å². The van der Waals surface area contributed by atoms with E-state index in [0.717, 1.165) is 50.4 Å². The van der Waals surface area contributed by atoms with Crippen molar-refractivity contribution in [2.75, 3.05) is 31.2 Å². The average molecular weight is 278 g/mol. The van der Waals surface area contributed by atoms with Crippen molar-refractivity contribution in [3.05, 3.63) is 23.8 Å². The average Bonchev–Trinajstić information content (AvgIpc) is 2.49. The van der Waals surface area contributed by atoms with Gasteiger partial charge in [-0.1, -0.05) is 6.07 Å². The zero-order valence-corrected chi connectivity index (χ0v) is 12.5. The van der Waals surface area contributed by atoms with Crippen LogP contribution in [0.3, 0.4) is 0 Å².